The monoisotopic (exact) mass is 615 g/mol. The molecule has 0 unspecified atom stereocenters. The van der Waals surface area contributed by atoms with Crippen molar-refractivity contribution in [3.63, 3.8) is 0 Å². The Labute approximate surface area is 243 Å². The zero-order chi connectivity index (χ0) is 31.1. The van der Waals surface area contributed by atoms with Crippen LogP contribution in [0.1, 0.15) is 38.6 Å². The summed E-state index contributed by atoms with van der Waals surface area (Å²) in [6.45, 7) is 4.33. The molecule has 224 valence electrons. The molecule has 3 heterocycles. The summed E-state index contributed by atoms with van der Waals surface area (Å²) in [5.41, 5.74) is 1.62. The van der Waals surface area contributed by atoms with Crippen LogP contribution in [-0.2, 0) is 22.7 Å². The Morgan fingerprint density at radius 1 is 1.00 bits per heavy atom. The number of aromatic nitrogens is 3. The highest BCUT2D eigenvalue weighted by atomic mass is 32.2. The Kier molecular flexibility index (Phi) is 7.60. The maximum atomic E-state index is 13.6. The second-order valence-electron chi connectivity index (χ2n) is 9.66. The number of amides is 1. The Bertz CT molecular complexity index is 1910. The van der Waals surface area contributed by atoms with Crippen molar-refractivity contribution in [2.24, 2.45) is 0 Å². The van der Waals surface area contributed by atoms with Gasteiger partial charge in [-0.05, 0) is 50.1 Å². The summed E-state index contributed by atoms with van der Waals surface area (Å²) in [5, 5.41) is 7.12. The molecule has 3 aromatic heterocycles. The zero-order valence-electron chi connectivity index (χ0n) is 23.2. The summed E-state index contributed by atoms with van der Waals surface area (Å²) < 4.78 is 85.2. The average Bonchev–Trinajstić information content (AvgIpc) is 3.70. The second-order valence-corrected chi connectivity index (χ2v) is 11.3. The van der Waals surface area contributed by atoms with Gasteiger partial charge in [-0.15, -0.1) is 0 Å². The van der Waals surface area contributed by atoms with Gasteiger partial charge in [-0.3, -0.25) is 4.79 Å². The first-order chi connectivity index (χ1) is 20.3. The molecule has 1 amide bonds. The number of sulfonamides is 1. The van der Waals surface area contributed by atoms with Crippen molar-refractivity contribution in [1.29, 1.82) is 0 Å². The largest absolute Gasteiger partial charge is 0.453 e. The van der Waals surface area contributed by atoms with Gasteiger partial charge in [-0.2, -0.15) is 13.2 Å². The van der Waals surface area contributed by atoms with Crippen LogP contribution in [0.3, 0.4) is 0 Å². The smallest absolute Gasteiger partial charge is 0.445 e. The van der Waals surface area contributed by atoms with Crippen molar-refractivity contribution in [2.45, 2.75) is 38.4 Å². The topological polar surface area (TPSA) is 145 Å². The predicted molar refractivity (Wildman–Crippen MR) is 146 cm³/mol. The van der Waals surface area contributed by atoms with E-state index in [1.807, 2.05) is 0 Å². The molecule has 0 fully saturated rings. The van der Waals surface area contributed by atoms with Crippen LogP contribution in [0.2, 0.25) is 0 Å². The normalized spacial score (nSPS) is 12.0. The Morgan fingerprint density at radius 3 is 2.37 bits per heavy atom. The van der Waals surface area contributed by atoms with Gasteiger partial charge in [0.1, 0.15) is 11.8 Å². The number of hydrogen-bond acceptors (Lipinski definition) is 9. The number of carbonyl (C=O) groups excluding carboxylic acids is 1. The molecule has 0 atom stereocenters. The fourth-order valence-electron chi connectivity index (χ4n) is 4.43. The molecule has 0 saturated heterocycles. The van der Waals surface area contributed by atoms with Gasteiger partial charge in [-0.25, -0.2) is 18.1 Å². The molecule has 0 aliphatic carbocycles. The molecular formula is C28H24F3N5O6S. The van der Waals surface area contributed by atoms with Crippen molar-refractivity contribution < 1.29 is 39.8 Å². The van der Waals surface area contributed by atoms with E-state index in [4.69, 9.17) is 8.94 Å². The number of anilines is 1. The van der Waals surface area contributed by atoms with Crippen LogP contribution in [0.15, 0.2) is 73.3 Å². The first-order valence-electron chi connectivity index (χ1n) is 12.6. The van der Waals surface area contributed by atoms with Crippen LogP contribution in [0, 0.1) is 20.8 Å². The molecule has 2 aromatic carbocycles. The van der Waals surface area contributed by atoms with E-state index in [2.05, 4.69) is 24.5 Å². The molecule has 0 aliphatic rings. The number of nitrogens with one attached hydrogen (secondary N) is 1. The van der Waals surface area contributed by atoms with Gasteiger partial charge in [-0.1, -0.05) is 34.6 Å². The van der Waals surface area contributed by atoms with Gasteiger partial charge in [0.05, 0.1) is 22.5 Å². The molecule has 0 aliphatic heterocycles. The summed E-state index contributed by atoms with van der Waals surface area (Å²) >= 11 is 0. The van der Waals surface area contributed by atoms with Gasteiger partial charge < -0.3 is 18.4 Å². The van der Waals surface area contributed by atoms with Crippen LogP contribution in [0.25, 0.3) is 22.6 Å². The number of carbonyl (C=O) groups is 1. The zero-order valence-corrected chi connectivity index (χ0v) is 24.0. The van der Waals surface area contributed by atoms with E-state index in [1.54, 1.807) is 50.2 Å². The second kappa shape index (κ2) is 11.1. The highest BCUT2D eigenvalue weighted by Gasteiger charge is 2.42. The predicted octanol–water partition coefficient (Wildman–Crippen LogP) is 6.00. The molecule has 0 radical (unpaired) electrons. The molecule has 1 N–H and O–H groups in total. The lowest BCUT2D eigenvalue weighted by molar-refractivity contribution is -0.155. The third-order valence-corrected chi connectivity index (χ3v) is 8.11. The van der Waals surface area contributed by atoms with Crippen molar-refractivity contribution >= 4 is 21.8 Å². The van der Waals surface area contributed by atoms with E-state index in [0.29, 0.717) is 27.9 Å². The number of oxazole rings is 1. The minimum Gasteiger partial charge on any atom is -0.445 e. The third-order valence-electron chi connectivity index (χ3n) is 6.72. The number of alkyl halides is 3. The SMILES string of the molecule is Cc1noc(NS(=O)(=O)c2ccccc2-c2ccc(-c3ncco3)cc2CN(C)C(=O)c2c(C)noc2C(F)(F)F)c1C. The van der Waals surface area contributed by atoms with Gasteiger partial charge >= 0.3 is 6.18 Å². The van der Waals surface area contributed by atoms with Crippen molar-refractivity contribution in [2.75, 3.05) is 11.8 Å². The maximum absolute atomic E-state index is 13.6. The molecule has 15 heteroatoms. The van der Waals surface area contributed by atoms with Crippen LogP contribution in [0.5, 0.6) is 0 Å². The number of rotatable bonds is 8. The summed E-state index contributed by atoms with van der Waals surface area (Å²) in [7, 11) is -2.90. The summed E-state index contributed by atoms with van der Waals surface area (Å²) in [4.78, 5) is 18.4. The summed E-state index contributed by atoms with van der Waals surface area (Å²) in [5.74, 6) is -2.29. The number of benzene rings is 2. The van der Waals surface area contributed by atoms with Gasteiger partial charge in [0.15, 0.2) is 0 Å². The van der Waals surface area contributed by atoms with Crippen LogP contribution >= 0.6 is 0 Å². The molecule has 43 heavy (non-hydrogen) atoms. The first-order valence-corrected chi connectivity index (χ1v) is 14.1. The minimum atomic E-state index is -4.94. The molecule has 5 rings (SSSR count). The lowest BCUT2D eigenvalue weighted by atomic mass is 9.96. The third kappa shape index (κ3) is 5.75. The number of halogens is 3. The van der Waals surface area contributed by atoms with Gasteiger partial charge in [0.25, 0.3) is 21.7 Å². The van der Waals surface area contributed by atoms with Gasteiger partial charge in [0.2, 0.25) is 11.8 Å². The lowest BCUT2D eigenvalue weighted by Crippen LogP contribution is -2.28. The minimum absolute atomic E-state index is 0.0401. The van der Waals surface area contributed by atoms with Crippen molar-refractivity contribution in [3.8, 4) is 22.6 Å². The molecule has 0 bridgehead atoms. The van der Waals surface area contributed by atoms with E-state index < -0.39 is 33.4 Å². The van der Waals surface area contributed by atoms with Crippen LogP contribution in [0.4, 0.5) is 19.1 Å². The average molecular weight is 616 g/mol. The quantitative estimate of drug-likeness (QED) is 0.222. The van der Waals surface area contributed by atoms with E-state index in [0.717, 1.165) is 4.90 Å². The lowest BCUT2D eigenvalue weighted by Gasteiger charge is -2.21. The highest BCUT2D eigenvalue weighted by Crippen LogP contribution is 2.36. The van der Waals surface area contributed by atoms with Crippen LogP contribution < -0.4 is 4.72 Å². The fraction of sp³-hybridized carbons (Fsp3) is 0.214. The molecular weight excluding hydrogens is 591 g/mol. The van der Waals surface area contributed by atoms with Crippen LogP contribution in [-0.4, -0.2) is 41.6 Å². The van der Waals surface area contributed by atoms with E-state index in [9.17, 15) is 26.4 Å². The Morgan fingerprint density at radius 2 is 1.72 bits per heavy atom. The maximum Gasteiger partial charge on any atom is 0.453 e. The number of nitrogens with zero attached hydrogens (tertiary/aromatic N) is 4. The number of hydrogen-bond donors (Lipinski definition) is 1. The molecule has 0 spiro atoms. The summed E-state index contributed by atoms with van der Waals surface area (Å²) in [6, 6.07) is 11.0. The fourth-order valence-corrected chi connectivity index (χ4v) is 5.70. The first kappa shape index (κ1) is 29.6. The van der Waals surface area contributed by atoms with E-state index in [-0.39, 0.29) is 34.5 Å². The summed E-state index contributed by atoms with van der Waals surface area (Å²) in [6.07, 6.45) is -2.14. The Hall–Kier alpha value is -4.92. The molecule has 11 nitrogen and oxygen atoms in total. The Balaban J connectivity index is 1.59. The van der Waals surface area contributed by atoms with Gasteiger partial charge in [0, 0.05) is 30.3 Å². The van der Waals surface area contributed by atoms with Crippen molar-refractivity contribution in [1.82, 2.24) is 20.2 Å². The molecule has 5 aromatic rings. The van der Waals surface area contributed by atoms with E-state index in [1.165, 1.54) is 32.5 Å². The standard InChI is InChI=1S/C28H24F3N5O6S/c1-15-16(2)33-42-25(15)35-43(38,39)22-8-6-5-7-21(22)20-10-9-18(26-32-11-12-40-26)13-19(20)14-36(4)27(37)23-17(3)34-41-24(23)28(29,30)31/h5-13,35H,14H2,1-4H3. The van der Waals surface area contributed by atoms with E-state index >= 15 is 0 Å². The highest BCUT2D eigenvalue weighted by molar-refractivity contribution is 7.92. The van der Waals surface area contributed by atoms with Crippen molar-refractivity contribution in [3.05, 3.63) is 88.8 Å². The molecule has 0 saturated carbocycles. The number of aryl methyl sites for hydroxylation is 2.